The summed E-state index contributed by atoms with van der Waals surface area (Å²) in [5, 5.41) is 0. The van der Waals surface area contributed by atoms with Crippen molar-refractivity contribution in [2.24, 2.45) is 11.1 Å². The van der Waals surface area contributed by atoms with Crippen molar-refractivity contribution in [3.8, 4) is 11.1 Å². The van der Waals surface area contributed by atoms with Crippen LogP contribution in [0.3, 0.4) is 0 Å². The maximum Gasteiger partial charge on any atom is -0.00173 e. The highest BCUT2D eigenvalue weighted by atomic mass is 14.6. The zero-order chi connectivity index (χ0) is 12.4. The molecule has 2 aromatic carbocycles. The van der Waals surface area contributed by atoms with E-state index < -0.39 is 0 Å². The van der Waals surface area contributed by atoms with E-state index >= 15 is 0 Å². The zero-order valence-electron chi connectivity index (χ0n) is 10.6. The van der Waals surface area contributed by atoms with E-state index in [1.54, 1.807) is 0 Å². The minimum atomic E-state index is 0.425. The summed E-state index contributed by atoms with van der Waals surface area (Å²) in [6, 6.07) is 19.4. The number of hydrogen-bond acceptors (Lipinski definition) is 1. The van der Waals surface area contributed by atoms with E-state index in [0.29, 0.717) is 5.41 Å². The molecule has 1 nitrogen and oxygen atoms in total. The molecule has 0 aliphatic heterocycles. The summed E-state index contributed by atoms with van der Waals surface area (Å²) < 4.78 is 0. The second-order valence-electron chi connectivity index (χ2n) is 5.44. The Labute approximate surface area is 109 Å². The van der Waals surface area contributed by atoms with Crippen LogP contribution in [0.25, 0.3) is 11.1 Å². The van der Waals surface area contributed by atoms with Crippen molar-refractivity contribution in [3.05, 3.63) is 60.2 Å². The normalized spacial score (nSPS) is 16.5. The fraction of sp³-hybridized carbons (Fsp3) is 0.294. The fourth-order valence-electron chi connectivity index (χ4n) is 2.51. The van der Waals surface area contributed by atoms with Crippen molar-refractivity contribution >= 4 is 0 Å². The molecule has 0 atom stereocenters. The number of hydrogen-bond donors (Lipinski definition) is 1. The van der Waals surface area contributed by atoms with Crippen LogP contribution < -0.4 is 5.73 Å². The van der Waals surface area contributed by atoms with Gasteiger partial charge in [0, 0.05) is 0 Å². The van der Waals surface area contributed by atoms with Gasteiger partial charge in [-0.1, -0.05) is 54.6 Å². The van der Waals surface area contributed by atoms with Gasteiger partial charge in [-0.3, -0.25) is 0 Å². The average molecular weight is 237 g/mol. The Kier molecular flexibility index (Phi) is 2.92. The molecule has 1 fully saturated rings. The highest BCUT2D eigenvalue weighted by Gasteiger charge is 2.40. The van der Waals surface area contributed by atoms with Crippen LogP contribution in [-0.2, 0) is 6.42 Å². The summed E-state index contributed by atoms with van der Waals surface area (Å²) in [5.41, 5.74) is 10.2. The van der Waals surface area contributed by atoms with E-state index in [-0.39, 0.29) is 0 Å². The van der Waals surface area contributed by atoms with Gasteiger partial charge < -0.3 is 5.73 Å². The lowest BCUT2D eigenvalue weighted by Gasteiger charge is -2.12. The Balaban J connectivity index is 1.77. The molecular weight excluding hydrogens is 218 g/mol. The van der Waals surface area contributed by atoms with Crippen LogP contribution in [-0.4, -0.2) is 6.54 Å². The first-order valence-corrected chi connectivity index (χ1v) is 6.66. The predicted octanol–water partition coefficient (Wildman–Crippen LogP) is 3.64. The van der Waals surface area contributed by atoms with E-state index in [2.05, 4.69) is 54.6 Å². The Morgan fingerprint density at radius 2 is 1.44 bits per heavy atom. The lowest BCUT2D eigenvalue weighted by atomic mass is 9.95. The molecule has 0 amide bonds. The van der Waals surface area contributed by atoms with Gasteiger partial charge in [0.1, 0.15) is 0 Å². The molecule has 1 aliphatic carbocycles. The Bertz CT molecular complexity index is 509. The minimum absolute atomic E-state index is 0.425. The first-order chi connectivity index (χ1) is 8.81. The Morgan fingerprint density at radius 3 is 2.00 bits per heavy atom. The third-order valence-electron chi connectivity index (χ3n) is 4.03. The number of rotatable bonds is 4. The highest BCUT2D eigenvalue weighted by Crippen LogP contribution is 2.47. The Hall–Kier alpha value is -1.60. The highest BCUT2D eigenvalue weighted by molar-refractivity contribution is 5.63. The smallest absolute Gasteiger partial charge is 0.00173 e. The maximum atomic E-state index is 5.84. The van der Waals surface area contributed by atoms with Gasteiger partial charge in [-0.05, 0) is 47.9 Å². The van der Waals surface area contributed by atoms with Crippen LogP contribution in [0, 0.1) is 5.41 Å². The summed E-state index contributed by atoms with van der Waals surface area (Å²) in [5.74, 6) is 0. The van der Waals surface area contributed by atoms with E-state index in [1.807, 2.05) is 0 Å². The van der Waals surface area contributed by atoms with Gasteiger partial charge in [-0.25, -0.2) is 0 Å². The van der Waals surface area contributed by atoms with Crippen molar-refractivity contribution in [2.45, 2.75) is 19.3 Å². The summed E-state index contributed by atoms with van der Waals surface area (Å²) in [4.78, 5) is 0. The van der Waals surface area contributed by atoms with Gasteiger partial charge >= 0.3 is 0 Å². The molecule has 0 heterocycles. The molecule has 0 saturated heterocycles. The van der Waals surface area contributed by atoms with Gasteiger partial charge in [0.15, 0.2) is 0 Å². The van der Waals surface area contributed by atoms with Crippen LogP contribution in [0.5, 0.6) is 0 Å². The van der Waals surface area contributed by atoms with Gasteiger partial charge in [0.2, 0.25) is 0 Å². The average Bonchev–Trinajstić information content (AvgIpc) is 3.21. The first kappa shape index (κ1) is 11.5. The lowest BCUT2D eigenvalue weighted by molar-refractivity contribution is 0.521. The van der Waals surface area contributed by atoms with Crippen LogP contribution in [0.4, 0.5) is 0 Å². The minimum Gasteiger partial charge on any atom is -0.330 e. The van der Waals surface area contributed by atoms with Crippen LogP contribution >= 0.6 is 0 Å². The molecule has 2 aromatic rings. The summed E-state index contributed by atoms with van der Waals surface area (Å²) in [7, 11) is 0. The third kappa shape index (κ3) is 2.32. The molecule has 0 radical (unpaired) electrons. The quantitative estimate of drug-likeness (QED) is 0.863. The molecule has 1 aliphatic rings. The standard InChI is InChI=1S/C17H19N/c18-13-17(10-11-17)12-14-6-8-16(9-7-14)15-4-2-1-3-5-15/h1-9H,10-13,18H2. The summed E-state index contributed by atoms with van der Waals surface area (Å²) in [6.45, 7) is 0.827. The third-order valence-corrected chi connectivity index (χ3v) is 4.03. The number of benzene rings is 2. The predicted molar refractivity (Wildman–Crippen MR) is 76.3 cm³/mol. The van der Waals surface area contributed by atoms with Crippen molar-refractivity contribution < 1.29 is 0 Å². The lowest BCUT2D eigenvalue weighted by Crippen LogP contribution is -2.17. The zero-order valence-corrected chi connectivity index (χ0v) is 10.6. The maximum absolute atomic E-state index is 5.84. The molecule has 0 aromatic heterocycles. The second-order valence-corrected chi connectivity index (χ2v) is 5.44. The molecule has 3 rings (SSSR count). The largest absolute Gasteiger partial charge is 0.330 e. The number of nitrogens with two attached hydrogens (primary N) is 1. The van der Waals surface area contributed by atoms with Crippen molar-refractivity contribution in [2.75, 3.05) is 6.54 Å². The second kappa shape index (κ2) is 4.58. The molecule has 0 unspecified atom stereocenters. The van der Waals surface area contributed by atoms with Gasteiger partial charge in [-0.15, -0.1) is 0 Å². The van der Waals surface area contributed by atoms with Crippen LogP contribution in [0.1, 0.15) is 18.4 Å². The van der Waals surface area contributed by atoms with Crippen molar-refractivity contribution in [3.63, 3.8) is 0 Å². The van der Waals surface area contributed by atoms with E-state index in [9.17, 15) is 0 Å². The summed E-state index contributed by atoms with van der Waals surface area (Å²) >= 11 is 0. The van der Waals surface area contributed by atoms with Gasteiger partial charge in [0.25, 0.3) is 0 Å². The molecule has 1 saturated carbocycles. The van der Waals surface area contributed by atoms with E-state index in [4.69, 9.17) is 5.73 Å². The molecule has 2 N–H and O–H groups in total. The van der Waals surface area contributed by atoms with Crippen LogP contribution in [0.2, 0.25) is 0 Å². The fourth-order valence-corrected chi connectivity index (χ4v) is 2.51. The Morgan fingerprint density at radius 1 is 0.833 bits per heavy atom. The molecule has 0 spiro atoms. The molecular formula is C17H19N. The van der Waals surface area contributed by atoms with Crippen molar-refractivity contribution in [1.29, 1.82) is 0 Å². The molecule has 0 bridgehead atoms. The molecule has 92 valence electrons. The molecule has 18 heavy (non-hydrogen) atoms. The summed E-state index contributed by atoms with van der Waals surface area (Å²) in [6.07, 6.45) is 3.73. The van der Waals surface area contributed by atoms with Gasteiger partial charge in [0.05, 0.1) is 0 Å². The van der Waals surface area contributed by atoms with Gasteiger partial charge in [-0.2, -0.15) is 0 Å². The van der Waals surface area contributed by atoms with E-state index in [0.717, 1.165) is 13.0 Å². The monoisotopic (exact) mass is 237 g/mol. The topological polar surface area (TPSA) is 26.0 Å². The SMILES string of the molecule is NCC1(Cc2ccc(-c3ccccc3)cc2)CC1. The van der Waals surface area contributed by atoms with E-state index in [1.165, 1.54) is 29.5 Å². The first-order valence-electron chi connectivity index (χ1n) is 6.66. The van der Waals surface area contributed by atoms with Crippen molar-refractivity contribution in [1.82, 2.24) is 0 Å². The van der Waals surface area contributed by atoms with Crippen LogP contribution in [0.15, 0.2) is 54.6 Å². The molecule has 1 heteroatoms.